The van der Waals surface area contributed by atoms with Crippen LogP contribution in [0.25, 0.3) is 0 Å². The van der Waals surface area contributed by atoms with Gasteiger partial charge in [-0.1, -0.05) is 69.7 Å². The van der Waals surface area contributed by atoms with E-state index in [2.05, 4.69) is 27.0 Å². The second kappa shape index (κ2) is 12.7. The molecule has 1 spiro atoms. The fraction of sp³-hybridized carbons (Fsp3) is 0.606. The number of thioether (sulfide) groups is 1. The first kappa shape index (κ1) is 31.4. The smallest absolute Gasteiger partial charge is 0.247 e. The van der Waals surface area contributed by atoms with Gasteiger partial charge in [0.15, 0.2) is 0 Å². The summed E-state index contributed by atoms with van der Waals surface area (Å²) >= 11 is 1.68. The summed E-state index contributed by atoms with van der Waals surface area (Å²) in [5.74, 6) is -1.56. The second-order valence-corrected chi connectivity index (χ2v) is 14.3. The van der Waals surface area contributed by atoms with Crippen molar-refractivity contribution >= 4 is 29.5 Å². The Labute approximate surface area is 250 Å². The molecule has 41 heavy (non-hydrogen) atoms. The minimum atomic E-state index is -0.733. The van der Waals surface area contributed by atoms with Gasteiger partial charge in [-0.05, 0) is 37.7 Å². The maximum Gasteiger partial charge on any atom is 0.247 e. The number of fused-ring (bicyclic) bond motifs is 1. The Bertz CT molecular complexity index is 1140. The zero-order valence-corrected chi connectivity index (χ0v) is 25.9. The summed E-state index contributed by atoms with van der Waals surface area (Å²) in [4.78, 5) is 48.9. The SMILES string of the molecule is C=CCN(CCCC)C(=O)C1N([C@@H](CO)C(C)C)C(=O)[C@@H]2[C@@H](C(=O)N(CC=C)Cc3ccccc3)[C@@]3(C)CCC12S3. The van der Waals surface area contributed by atoms with Crippen molar-refractivity contribution in [1.29, 1.82) is 0 Å². The first-order valence-electron chi connectivity index (χ1n) is 15.1. The molecule has 3 fully saturated rings. The van der Waals surface area contributed by atoms with Gasteiger partial charge in [0.25, 0.3) is 0 Å². The molecule has 0 aliphatic carbocycles. The van der Waals surface area contributed by atoms with Crippen molar-refractivity contribution in [2.24, 2.45) is 17.8 Å². The Morgan fingerprint density at radius 1 is 1.12 bits per heavy atom. The molecule has 3 aliphatic heterocycles. The third kappa shape index (κ3) is 5.50. The molecule has 3 amide bonds. The minimum absolute atomic E-state index is 0.0553. The lowest BCUT2D eigenvalue weighted by molar-refractivity contribution is -0.148. The predicted molar refractivity (Wildman–Crippen MR) is 165 cm³/mol. The van der Waals surface area contributed by atoms with E-state index in [1.807, 2.05) is 49.1 Å². The third-order valence-corrected chi connectivity index (χ3v) is 11.3. The Kier molecular flexibility index (Phi) is 9.74. The van der Waals surface area contributed by atoms with Crippen LogP contribution >= 0.6 is 11.8 Å². The van der Waals surface area contributed by atoms with Crippen LogP contribution < -0.4 is 0 Å². The number of aliphatic hydroxyl groups is 1. The molecule has 3 saturated heterocycles. The van der Waals surface area contributed by atoms with E-state index in [1.165, 1.54) is 0 Å². The molecule has 3 aliphatic rings. The van der Waals surface area contributed by atoms with E-state index in [-0.39, 0.29) is 30.2 Å². The van der Waals surface area contributed by atoms with Crippen LogP contribution in [-0.2, 0) is 20.9 Å². The molecule has 0 aromatic heterocycles. The van der Waals surface area contributed by atoms with Gasteiger partial charge in [-0.2, -0.15) is 0 Å². The summed E-state index contributed by atoms with van der Waals surface area (Å²) in [5, 5.41) is 10.5. The molecular weight excluding hydrogens is 534 g/mol. The van der Waals surface area contributed by atoms with Gasteiger partial charge in [-0.3, -0.25) is 14.4 Å². The van der Waals surface area contributed by atoms with Crippen LogP contribution in [0, 0.1) is 17.8 Å². The van der Waals surface area contributed by atoms with Crippen molar-refractivity contribution in [1.82, 2.24) is 14.7 Å². The fourth-order valence-corrected chi connectivity index (χ4v) is 9.68. The second-order valence-electron chi connectivity index (χ2n) is 12.4. The van der Waals surface area contributed by atoms with Crippen molar-refractivity contribution < 1.29 is 19.5 Å². The minimum Gasteiger partial charge on any atom is -0.394 e. The number of hydrogen-bond donors (Lipinski definition) is 1. The quantitative estimate of drug-likeness (QED) is 0.327. The van der Waals surface area contributed by atoms with Gasteiger partial charge in [0.2, 0.25) is 17.7 Å². The number of rotatable bonds is 14. The molecule has 224 valence electrons. The van der Waals surface area contributed by atoms with Gasteiger partial charge in [0.1, 0.15) is 6.04 Å². The highest BCUT2D eigenvalue weighted by Gasteiger charge is 2.78. The number of hydrogen-bond acceptors (Lipinski definition) is 5. The van der Waals surface area contributed by atoms with Crippen LogP contribution in [0.3, 0.4) is 0 Å². The highest BCUT2D eigenvalue weighted by molar-refractivity contribution is 8.02. The molecule has 0 saturated carbocycles. The number of benzene rings is 1. The van der Waals surface area contributed by atoms with Crippen LogP contribution in [0.4, 0.5) is 0 Å². The van der Waals surface area contributed by atoms with E-state index in [9.17, 15) is 19.5 Å². The summed E-state index contributed by atoms with van der Waals surface area (Å²) in [6, 6.07) is 8.62. The average molecular weight is 582 g/mol. The zero-order valence-electron chi connectivity index (χ0n) is 25.1. The Balaban J connectivity index is 1.79. The largest absolute Gasteiger partial charge is 0.394 e. The number of unbranched alkanes of at least 4 members (excludes halogenated alkanes) is 1. The van der Waals surface area contributed by atoms with E-state index in [4.69, 9.17) is 0 Å². The summed E-state index contributed by atoms with van der Waals surface area (Å²) in [5.41, 5.74) is 1.02. The van der Waals surface area contributed by atoms with E-state index in [1.54, 1.807) is 33.7 Å². The summed E-state index contributed by atoms with van der Waals surface area (Å²) in [7, 11) is 0. The molecule has 1 aromatic rings. The van der Waals surface area contributed by atoms with Crippen molar-refractivity contribution in [3.05, 3.63) is 61.2 Å². The highest BCUT2D eigenvalue weighted by atomic mass is 32.2. The van der Waals surface area contributed by atoms with Gasteiger partial charge in [-0.15, -0.1) is 24.9 Å². The van der Waals surface area contributed by atoms with Crippen LogP contribution in [0.15, 0.2) is 55.6 Å². The highest BCUT2D eigenvalue weighted by Crippen LogP contribution is 2.72. The molecular formula is C33H47N3O4S. The Morgan fingerprint density at radius 3 is 2.37 bits per heavy atom. The summed E-state index contributed by atoms with van der Waals surface area (Å²) in [6.07, 6.45) is 6.71. The van der Waals surface area contributed by atoms with Crippen LogP contribution in [0.2, 0.25) is 0 Å². The number of carbonyl (C=O) groups is 3. The monoisotopic (exact) mass is 581 g/mol. The van der Waals surface area contributed by atoms with E-state index >= 15 is 0 Å². The lowest BCUT2D eigenvalue weighted by atomic mass is 9.66. The molecule has 8 heteroatoms. The predicted octanol–water partition coefficient (Wildman–Crippen LogP) is 4.51. The van der Waals surface area contributed by atoms with Gasteiger partial charge < -0.3 is 19.8 Å². The number of aliphatic hydroxyl groups excluding tert-OH is 1. The molecule has 6 atom stereocenters. The van der Waals surface area contributed by atoms with E-state index < -0.39 is 33.4 Å². The average Bonchev–Trinajstić information content (AvgIpc) is 3.52. The Hall–Kier alpha value is -2.58. The maximum atomic E-state index is 14.6. The topological polar surface area (TPSA) is 81.2 Å². The van der Waals surface area contributed by atoms with Crippen molar-refractivity contribution in [3.8, 4) is 0 Å². The molecule has 1 aromatic carbocycles. The molecule has 1 N–H and O–H groups in total. The molecule has 2 unspecified atom stereocenters. The number of nitrogens with zero attached hydrogens (tertiary/aromatic N) is 3. The molecule has 2 bridgehead atoms. The van der Waals surface area contributed by atoms with Gasteiger partial charge in [-0.25, -0.2) is 0 Å². The summed E-state index contributed by atoms with van der Waals surface area (Å²) < 4.78 is -1.18. The van der Waals surface area contributed by atoms with E-state index in [0.717, 1.165) is 24.8 Å². The van der Waals surface area contributed by atoms with Gasteiger partial charge >= 0.3 is 0 Å². The van der Waals surface area contributed by atoms with Crippen LogP contribution in [0.5, 0.6) is 0 Å². The number of carbonyl (C=O) groups excluding carboxylic acids is 3. The van der Waals surface area contributed by atoms with E-state index in [0.29, 0.717) is 32.6 Å². The number of likely N-dealkylation sites (tertiary alicyclic amines) is 1. The van der Waals surface area contributed by atoms with Crippen LogP contribution in [0.1, 0.15) is 58.9 Å². The first-order chi connectivity index (χ1) is 19.6. The number of amides is 3. The van der Waals surface area contributed by atoms with Gasteiger partial charge in [0.05, 0.1) is 29.2 Å². The lowest BCUT2D eigenvalue weighted by Gasteiger charge is -2.40. The fourth-order valence-electron chi connectivity index (χ4n) is 7.35. The standard InChI is InChI=1S/C33H47N3O4S/c1-7-10-20-34(18-8-2)31(40)28-33-17-16-32(6,41-33)26(27(33)30(39)36(28)25(22-37)23(4)5)29(38)35(19-9-3)21-24-14-12-11-13-15-24/h8-9,11-15,23,25-28,37H,2-3,7,10,16-22H2,1,4-6H3/t25-,26-,27-,28?,32+,33?/m0/s1. The van der Waals surface area contributed by atoms with Crippen LogP contribution in [-0.4, -0.2) is 85.3 Å². The van der Waals surface area contributed by atoms with Gasteiger partial charge in [0, 0.05) is 30.9 Å². The molecule has 7 nitrogen and oxygen atoms in total. The zero-order chi connectivity index (χ0) is 29.9. The third-order valence-electron chi connectivity index (χ3n) is 9.35. The Morgan fingerprint density at radius 2 is 1.78 bits per heavy atom. The summed E-state index contributed by atoms with van der Waals surface area (Å²) in [6.45, 7) is 17.5. The molecule has 3 heterocycles. The first-order valence-corrected chi connectivity index (χ1v) is 15.9. The van der Waals surface area contributed by atoms with Crippen molar-refractivity contribution in [2.75, 3.05) is 26.2 Å². The maximum absolute atomic E-state index is 14.6. The van der Waals surface area contributed by atoms with Crippen molar-refractivity contribution in [3.63, 3.8) is 0 Å². The van der Waals surface area contributed by atoms with Crippen molar-refractivity contribution in [2.45, 2.75) is 81.5 Å². The molecule has 0 radical (unpaired) electrons. The molecule has 4 rings (SSSR count). The lowest BCUT2D eigenvalue weighted by Crippen LogP contribution is -2.58. The normalized spacial score (nSPS) is 29.0.